The summed E-state index contributed by atoms with van der Waals surface area (Å²) in [6.07, 6.45) is 10.1. The quantitative estimate of drug-likeness (QED) is 0.427. The van der Waals surface area contributed by atoms with Gasteiger partial charge in [-0.15, -0.1) is 0 Å². The van der Waals surface area contributed by atoms with Crippen molar-refractivity contribution in [3.8, 4) is 0 Å². The Kier molecular flexibility index (Phi) is 5.73. The highest BCUT2D eigenvalue weighted by molar-refractivity contribution is 6.49. The van der Waals surface area contributed by atoms with E-state index in [4.69, 9.17) is 4.65 Å². The molecule has 1 rings (SSSR count). The van der Waals surface area contributed by atoms with Gasteiger partial charge >= 0.3 is 7.12 Å². The van der Waals surface area contributed by atoms with E-state index >= 15 is 0 Å². The molecule has 0 spiro atoms. The van der Waals surface area contributed by atoms with E-state index in [1.54, 1.807) is 5.98 Å². The number of rotatable bonds is 5. The van der Waals surface area contributed by atoms with Gasteiger partial charge in [0.2, 0.25) is 0 Å². The van der Waals surface area contributed by atoms with E-state index in [-0.39, 0.29) is 6.10 Å². The fourth-order valence-corrected chi connectivity index (χ4v) is 1.77. The van der Waals surface area contributed by atoms with E-state index in [1.165, 1.54) is 24.8 Å². The summed E-state index contributed by atoms with van der Waals surface area (Å²) in [6, 6.07) is 0. The SMILES string of the molecule is CCCCC/C=C/C1CC(C)=CB(O)O1. The van der Waals surface area contributed by atoms with Crippen molar-refractivity contribution in [2.75, 3.05) is 0 Å². The zero-order chi connectivity index (χ0) is 11.1. The zero-order valence-electron chi connectivity index (χ0n) is 9.78. The van der Waals surface area contributed by atoms with Crippen molar-refractivity contribution < 1.29 is 9.68 Å². The van der Waals surface area contributed by atoms with E-state index in [0.717, 1.165) is 12.8 Å². The van der Waals surface area contributed by atoms with E-state index in [9.17, 15) is 5.02 Å². The molecule has 0 aliphatic carbocycles. The van der Waals surface area contributed by atoms with Gasteiger partial charge < -0.3 is 9.68 Å². The first kappa shape index (κ1) is 12.5. The maximum Gasteiger partial charge on any atom is 0.483 e. The maximum atomic E-state index is 9.36. The summed E-state index contributed by atoms with van der Waals surface area (Å²) in [6.45, 7) is 4.24. The van der Waals surface area contributed by atoms with Crippen LogP contribution in [0.5, 0.6) is 0 Å². The Labute approximate surface area is 93.2 Å². The number of hydrogen-bond acceptors (Lipinski definition) is 2. The molecule has 0 bridgehead atoms. The Morgan fingerprint density at radius 2 is 2.40 bits per heavy atom. The predicted octanol–water partition coefficient (Wildman–Crippen LogP) is 2.88. The van der Waals surface area contributed by atoms with Crippen molar-refractivity contribution in [1.29, 1.82) is 0 Å². The second-order valence-corrected chi connectivity index (χ2v) is 4.21. The van der Waals surface area contributed by atoms with Crippen LogP contribution >= 0.6 is 0 Å². The molecule has 1 aliphatic heterocycles. The standard InChI is InChI=1S/C12H21BO2/c1-3-4-5-6-7-8-12-9-11(2)10-13(14)15-12/h7-8,10,12,14H,3-6,9H2,1-2H3/b8-7+. The first-order valence-corrected chi connectivity index (χ1v) is 5.90. The molecule has 0 aromatic rings. The van der Waals surface area contributed by atoms with Crippen molar-refractivity contribution in [1.82, 2.24) is 0 Å². The van der Waals surface area contributed by atoms with Crippen molar-refractivity contribution in [2.24, 2.45) is 0 Å². The van der Waals surface area contributed by atoms with Crippen LogP contribution < -0.4 is 0 Å². The summed E-state index contributed by atoms with van der Waals surface area (Å²) in [4.78, 5) is 0. The second-order valence-electron chi connectivity index (χ2n) is 4.21. The van der Waals surface area contributed by atoms with Crippen LogP contribution in [0.25, 0.3) is 0 Å². The highest BCUT2D eigenvalue weighted by atomic mass is 16.5. The van der Waals surface area contributed by atoms with Crippen LogP contribution in [0.1, 0.15) is 46.0 Å². The Morgan fingerprint density at radius 1 is 1.60 bits per heavy atom. The molecule has 0 aromatic carbocycles. The lowest BCUT2D eigenvalue weighted by atomic mass is 9.82. The van der Waals surface area contributed by atoms with E-state index in [0.29, 0.717) is 0 Å². The van der Waals surface area contributed by atoms with Gasteiger partial charge in [-0.1, -0.05) is 43.5 Å². The topological polar surface area (TPSA) is 29.5 Å². The zero-order valence-corrected chi connectivity index (χ0v) is 9.78. The summed E-state index contributed by atoms with van der Waals surface area (Å²) in [7, 11) is -0.718. The Bertz CT molecular complexity index is 236. The van der Waals surface area contributed by atoms with Gasteiger partial charge in [-0.25, -0.2) is 0 Å². The van der Waals surface area contributed by atoms with Crippen LogP contribution in [0, 0.1) is 0 Å². The van der Waals surface area contributed by atoms with Crippen LogP contribution in [-0.4, -0.2) is 18.2 Å². The van der Waals surface area contributed by atoms with Gasteiger partial charge in [-0.05, 0) is 26.2 Å². The summed E-state index contributed by atoms with van der Waals surface area (Å²) in [5, 5.41) is 9.36. The molecule has 0 saturated carbocycles. The lowest BCUT2D eigenvalue weighted by Crippen LogP contribution is -2.27. The monoisotopic (exact) mass is 208 g/mol. The predicted molar refractivity (Wildman–Crippen MR) is 64.5 cm³/mol. The highest BCUT2D eigenvalue weighted by Gasteiger charge is 2.21. The molecule has 3 heteroatoms. The molecule has 0 amide bonds. The van der Waals surface area contributed by atoms with Gasteiger partial charge in [0.1, 0.15) is 0 Å². The number of allylic oxidation sites excluding steroid dienone is 1. The summed E-state index contributed by atoms with van der Waals surface area (Å²) in [5.41, 5.74) is 1.21. The number of unbranched alkanes of at least 4 members (excludes halogenated alkanes) is 3. The second kappa shape index (κ2) is 6.86. The first-order valence-electron chi connectivity index (χ1n) is 5.90. The van der Waals surface area contributed by atoms with Crippen molar-refractivity contribution in [2.45, 2.75) is 52.1 Å². The summed E-state index contributed by atoms with van der Waals surface area (Å²) in [5.74, 6) is 1.77. The first-order chi connectivity index (χ1) is 7.22. The van der Waals surface area contributed by atoms with Crippen LogP contribution in [0.3, 0.4) is 0 Å². The molecular formula is C12H21BO2. The summed E-state index contributed by atoms with van der Waals surface area (Å²) >= 11 is 0. The highest BCUT2D eigenvalue weighted by Crippen LogP contribution is 2.16. The molecular weight excluding hydrogens is 187 g/mol. The largest absolute Gasteiger partial charge is 0.483 e. The molecule has 0 aromatic heterocycles. The Balaban J connectivity index is 2.24. The van der Waals surface area contributed by atoms with Gasteiger partial charge in [0.25, 0.3) is 0 Å². The lowest BCUT2D eigenvalue weighted by Gasteiger charge is -2.21. The Hall–Kier alpha value is -0.535. The fraction of sp³-hybridized carbons (Fsp3) is 0.667. The lowest BCUT2D eigenvalue weighted by molar-refractivity contribution is 0.205. The summed E-state index contributed by atoms with van der Waals surface area (Å²) < 4.78 is 5.36. The van der Waals surface area contributed by atoms with Gasteiger partial charge in [0.05, 0.1) is 6.10 Å². The third-order valence-corrected chi connectivity index (χ3v) is 2.59. The fourth-order valence-electron chi connectivity index (χ4n) is 1.77. The minimum Gasteiger partial charge on any atom is -0.423 e. The smallest absolute Gasteiger partial charge is 0.423 e. The molecule has 1 unspecified atom stereocenters. The molecule has 0 saturated heterocycles. The van der Waals surface area contributed by atoms with Crippen molar-refractivity contribution in [3.63, 3.8) is 0 Å². The van der Waals surface area contributed by atoms with Gasteiger partial charge in [-0.3, -0.25) is 0 Å². The molecule has 84 valence electrons. The third kappa shape index (κ3) is 5.19. The van der Waals surface area contributed by atoms with E-state index in [1.807, 2.05) is 6.92 Å². The molecule has 2 nitrogen and oxygen atoms in total. The van der Waals surface area contributed by atoms with E-state index in [2.05, 4.69) is 19.1 Å². The van der Waals surface area contributed by atoms with Gasteiger partial charge in [-0.2, -0.15) is 0 Å². The normalized spacial score (nSPS) is 22.2. The molecule has 0 fully saturated rings. The minimum absolute atomic E-state index is 0.0617. The average molecular weight is 208 g/mol. The molecule has 1 N–H and O–H groups in total. The van der Waals surface area contributed by atoms with Crippen LogP contribution in [0.15, 0.2) is 23.7 Å². The molecule has 15 heavy (non-hydrogen) atoms. The molecule has 1 aliphatic rings. The van der Waals surface area contributed by atoms with Crippen molar-refractivity contribution in [3.05, 3.63) is 23.7 Å². The average Bonchev–Trinajstić information content (AvgIpc) is 2.16. The van der Waals surface area contributed by atoms with Crippen LogP contribution in [0.4, 0.5) is 0 Å². The molecule has 1 atom stereocenters. The molecule has 1 heterocycles. The Morgan fingerprint density at radius 3 is 3.07 bits per heavy atom. The molecule has 0 radical (unpaired) electrons. The van der Waals surface area contributed by atoms with Gasteiger partial charge in [0.15, 0.2) is 0 Å². The number of hydrogen-bond donors (Lipinski definition) is 1. The maximum absolute atomic E-state index is 9.36. The third-order valence-electron chi connectivity index (χ3n) is 2.59. The minimum atomic E-state index is -0.718. The van der Waals surface area contributed by atoms with E-state index < -0.39 is 7.12 Å². The van der Waals surface area contributed by atoms with Crippen LogP contribution in [0.2, 0.25) is 0 Å². The van der Waals surface area contributed by atoms with Crippen molar-refractivity contribution >= 4 is 7.12 Å². The van der Waals surface area contributed by atoms with Gasteiger partial charge in [0, 0.05) is 0 Å². The van der Waals surface area contributed by atoms with Crippen LogP contribution in [-0.2, 0) is 4.65 Å².